The minimum absolute atomic E-state index is 0.0309. The van der Waals surface area contributed by atoms with Gasteiger partial charge >= 0.3 is 6.09 Å². The number of benzene rings is 2. The number of carbonyl (C=O) groups is 1. The summed E-state index contributed by atoms with van der Waals surface area (Å²) in [5.41, 5.74) is 5.12. The second-order valence-electron chi connectivity index (χ2n) is 5.35. The summed E-state index contributed by atoms with van der Waals surface area (Å²) < 4.78 is 32.0. The van der Waals surface area contributed by atoms with E-state index in [0.29, 0.717) is 12.1 Å². The van der Waals surface area contributed by atoms with Crippen LogP contribution < -0.4 is 11.1 Å². The number of carbonyl (C=O) groups excluding carboxylic acids is 1. The number of amides is 1. The molecule has 5 N–H and O–H groups in total. The first kappa shape index (κ1) is 18.6. The van der Waals surface area contributed by atoms with Crippen LogP contribution in [0.15, 0.2) is 42.5 Å². The third-order valence-electron chi connectivity index (χ3n) is 3.47. The van der Waals surface area contributed by atoms with Crippen LogP contribution >= 0.6 is 0 Å². The molecule has 0 bridgehead atoms. The van der Waals surface area contributed by atoms with Gasteiger partial charge in [0.1, 0.15) is 30.4 Å². The van der Waals surface area contributed by atoms with Crippen molar-refractivity contribution in [3.05, 3.63) is 65.2 Å². The van der Waals surface area contributed by atoms with Gasteiger partial charge in [-0.2, -0.15) is 0 Å². The summed E-state index contributed by atoms with van der Waals surface area (Å²) in [6.45, 7) is -0.386. The van der Waals surface area contributed by atoms with E-state index in [1.54, 1.807) is 24.3 Å². The highest BCUT2D eigenvalue weighted by molar-refractivity contribution is 5.67. The van der Waals surface area contributed by atoms with E-state index < -0.39 is 47.7 Å². The van der Waals surface area contributed by atoms with Crippen molar-refractivity contribution in [2.45, 2.75) is 18.8 Å². The number of aliphatic hydroxyl groups is 2. The lowest BCUT2D eigenvalue weighted by molar-refractivity contribution is 0.0162. The molecule has 0 spiro atoms. The molecule has 2 rings (SSSR count). The second-order valence-corrected chi connectivity index (χ2v) is 5.35. The molecule has 2 unspecified atom stereocenters. The average molecular weight is 352 g/mol. The number of halogens is 2. The molecule has 0 fully saturated rings. The number of nitrogens with one attached hydrogen (secondary N) is 1. The zero-order valence-corrected chi connectivity index (χ0v) is 13.2. The quantitative estimate of drug-likeness (QED) is 0.594. The highest BCUT2D eigenvalue weighted by Crippen LogP contribution is 2.24. The lowest BCUT2D eigenvalue weighted by Gasteiger charge is -2.19. The SMILES string of the molecule is Nc1cc(F)c(C(O)C(O)CNC(=O)OCc2ccccc2)cc1F. The second kappa shape index (κ2) is 8.41. The molecule has 0 radical (unpaired) electrons. The number of hydrogen-bond donors (Lipinski definition) is 4. The van der Waals surface area contributed by atoms with Crippen LogP contribution in [0.2, 0.25) is 0 Å². The van der Waals surface area contributed by atoms with Crippen LogP contribution in [0.5, 0.6) is 0 Å². The van der Waals surface area contributed by atoms with Crippen LogP contribution in [-0.4, -0.2) is 29.0 Å². The first-order chi connectivity index (χ1) is 11.9. The van der Waals surface area contributed by atoms with Gasteiger partial charge in [-0.3, -0.25) is 0 Å². The lowest BCUT2D eigenvalue weighted by atomic mass is 10.0. The maximum absolute atomic E-state index is 13.7. The van der Waals surface area contributed by atoms with E-state index in [-0.39, 0.29) is 6.61 Å². The van der Waals surface area contributed by atoms with Gasteiger partial charge in [-0.25, -0.2) is 13.6 Å². The maximum Gasteiger partial charge on any atom is 0.407 e. The minimum Gasteiger partial charge on any atom is -0.445 e. The van der Waals surface area contributed by atoms with E-state index in [1.165, 1.54) is 0 Å². The molecular formula is C17H18F2N2O4. The van der Waals surface area contributed by atoms with Gasteiger partial charge in [-0.05, 0) is 11.6 Å². The van der Waals surface area contributed by atoms with Gasteiger partial charge < -0.3 is 26.0 Å². The number of anilines is 1. The molecule has 0 aliphatic carbocycles. The van der Waals surface area contributed by atoms with E-state index in [4.69, 9.17) is 10.5 Å². The van der Waals surface area contributed by atoms with Crippen molar-refractivity contribution in [3.8, 4) is 0 Å². The van der Waals surface area contributed by atoms with Crippen LogP contribution in [-0.2, 0) is 11.3 Å². The Hall–Kier alpha value is -2.71. The molecule has 0 heterocycles. The Morgan fingerprint density at radius 1 is 1.16 bits per heavy atom. The summed E-state index contributed by atoms with van der Waals surface area (Å²) >= 11 is 0. The van der Waals surface area contributed by atoms with Crippen molar-refractivity contribution in [1.82, 2.24) is 5.32 Å². The van der Waals surface area contributed by atoms with Crippen molar-refractivity contribution >= 4 is 11.8 Å². The summed E-state index contributed by atoms with van der Waals surface area (Å²) in [6, 6.07) is 10.3. The molecule has 0 saturated heterocycles. The van der Waals surface area contributed by atoms with Gasteiger partial charge in [0.15, 0.2) is 0 Å². The van der Waals surface area contributed by atoms with Crippen molar-refractivity contribution in [2.24, 2.45) is 0 Å². The molecule has 0 aliphatic heterocycles. The molecule has 6 nitrogen and oxygen atoms in total. The standard InChI is InChI=1S/C17H18F2N2O4/c18-12-7-14(20)13(19)6-11(12)16(23)15(22)8-21-17(24)25-9-10-4-2-1-3-5-10/h1-7,15-16,22-23H,8-9,20H2,(H,21,24). The Kier molecular flexibility index (Phi) is 6.26. The number of aliphatic hydroxyl groups excluding tert-OH is 2. The molecule has 1 amide bonds. The Morgan fingerprint density at radius 3 is 2.52 bits per heavy atom. The third-order valence-corrected chi connectivity index (χ3v) is 3.47. The van der Waals surface area contributed by atoms with E-state index in [2.05, 4.69) is 5.32 Å². The molecule has 0 aromatic heterocycles. The smallest absolute Gasteiger partial charge is 0.407 e. The molecule has 134 valence electrons. The fraction of sp³-hybridized carbons (Fsp3) is 0.235. The maximum atomic E-state index is 13.7. The van der Waals surface area contributed by atoms with Gasteiger partial charge in [0.2, 0.25) is 0 Å². The zero-order chi connectivity index (χ0) is 18.4. The number of rotatable bonds is 6. The predicted molar refractivity (Wildman–Crippen MR) is 86.4 cm³/mol. The van der Waals surface area contributed by atoms with Crippen molar-refractivity contribution < 1.29 is 28.5 Å². The highest BCUT2D eigenvalue weighted by atomic mass is 19.1. The summed E-state index contributed by atoms with van der Waals surface area (Å²) in [5, 5.41) is 22.0. The van der Waals surface area contributed by atoms with Crippen LogP contribution in [0.4, 0.5) is 19.3 Å². The van der Waals surface area contributed by atoms with Gasteiger partial charge in [-0.15, -0.1) is 0 Å². The molecule has 0 saturated carbocycles. The number of hydrogen-bond acceptors (Lipinski definition) is 5. The van der Waals surface area contributed by atoms with Crippen molar-refractivity contribution in [3.63, 3.8) is 0 Å². The molecule has 2 aromatic rings. The van der Waals surface area contributed by atoms with Gasteiger partial charge in [0.25, 0.3) is 0 Å². The summed E-state index contributed by atoms with van der Waals surface area (Å²) in [6.07, 6.45) is -4.13. The topological polar surface area (TPSA) is 105 Å². The Balaban J connectivity index is 1.86. The molecule has 8 heteroatoms. The number of alkyl carbamates (subject to hydrolysis) is 1. The average Bonchev–Trinajstić information content (AvgIpc) is 2.61. The lowest BCUT2D eigenvalue weighted by Crippen LogP contribution is -2.36. The van der Waals surface area contributed by atoms with E-state index in [1.807, 2.05) is 6.07 Å². The highest BCUT2D eigenvalue weighted by Gasteiger charge is 2.23. The first-order valence-corrected chi connectivity index (χ1v) is 7.43. The van der Waals surface area contributed by atoms with Gasteiger partial charge in [-0.1, -0.05) is 30.3 Å². The fourth-order valence-corrected chi connectivity index (χ4v) is 2.09. The third kappa shape index (κ3) is 5.13. The minimum atomic E-state index is -1.75. The first-order valence-electron chi connectivity index (χ1n) is 7.43. The largest absolute Gasteiger partial charge is 0.445 e. The molecule has 2 atom stereocenters. The summed E-state index contributed by atoms with van der Waals surface area (Å²) in [7, 11) is 0. The van der Waals surface area contributed by atoms with Crippen LogP contribution in [0, 0.1) is 11.6 Å². The van der Waals surface area contributed by atoms with E-state index >= 15 is 0 Å². The van der Waals surface area contributed by atoms with Crippen LogP contribution in [0.25, 0.3) is 0 Å². The van der Waals surface area contributed by atoms with Crippen molar-refractivity contribution in [2.75, 3.05) is 12.3 Å². The predicted octanol–water partition coefficient (Wildman–Crippen LogP) is 1.87. The summed E-state index contributed by atoms with van der Waals surface area (Å²) in [4.78, 5) is 11.6. The molecule has 0 aliphatic rings. The fourth-order valence-electron chi connectivity index (χ4n) is 2.09. The Morgan fingerprint density at radius 2 is 1.84 bits per heavy atom. The Labute approximate surface area is 142 Å². The van der Waals surface area contributed by atoms with Crippen molar-refractivity contribution in [1.29, 1.82) is 0 Å². The van der Waals surface area contributed by atoms with Gasteiger partial charge in [0, 0.05) is 18.2 Å². The monoisotopic (exact) mass is 352 g/mol. The molecule has 2 aromatic carbocycles. The zero-order valence-electron chi connectivity index (χ0n) is 13.2. The Bertz CT molecular complexity index is 728. The van der Waals surface area contributed by atoms with Gasteiger partial charge in [0.05, 0.1) is 5.69 Å². The van der Waals surface area contributed by atoms with Crippen LogP contribution in [0.1, 0.15) is 17.2 Å². The number of nitrogens with two attached hydrogens (primary N) is 1. The number of nitrogen functional groups attached to an aromatic ring is 1. The normalized spacial score (nSPS) is 13.1. The summed E-state index contributed by atoms with van der Waals surface area (Å²) in [5.74, 6) is -1.88. The van der Waals surface area contributed by atoms with E-state index in [9.17, 15) is 23.8 Å². The van der Waals surface area contributed by atoms with E-state index in [0.717, 1.165) is 5.56 Å². The molecule has 25 heavy (non-hydrogen) atoms. The molecular weight excluding hydrogens is 334 g/mol. The number of ether oxygens (including phenoxy) is 1. The van der Waals surface area contributed by atoms with Crippen LogP contribution in [0.3, 0.4) is 0 Å².